The van der Waals surface area contributed by atoms with Gasteiger partial charge in [0.2, 0.25) is 17.7 Å². The van der Waals surface area contributed by atoms with Crippen LogP contribution in [0.2, 0.25) is 0 Å². The van der Waals surface area contributed by atoms with Crippen molar-refractivity contribution in [3.05, 3.63) is 65.7 Å². The summed E-state index contributed by atoms with van der Waals surface area (Å²) in [5.41, 5.74) is 12.9. The van der Waals surface area contributed by atoms with Crippen LogP contribution in [0.1, 0.15) is 37.3 Å². The lowest BCUT2D eigenvalue weighted by Crippen LogP contribution is -2.60. The van der Waals surface area contributed by atoms with Gasteiger partial charge in [-0.3, -0.25) is 14.4 Å². The highest BCUT2D eigenvalue weighted by Gasteiger charge is 2.32. The minimum absolute atomic E-state index is 0.0361. The van der Waals surface area contributed by atoms with E-state index in [-0.39, 0.29) is 25.0 Å². The molecule has 0 aliphatic heterocycles. The maximum absolute atomic E-state index is 13.2. The second-order valence-electron chi connectivity index (χ2n) is 9.64. The number of carbonyl (C=O) groups excluding carboxylic acids is 3. The third kappa shape index (κ3) is 10.6. The van der Waals surface area contributed by atoms with Crippen LogP contribution < -0.4 is 27.4 Å². The van der Waals surface area contributed by atoms with Gasteiger partial charge in [0.05, 0.1) is 12.1 Å². The Morgan fingerprint density at radius 1 is 0.800 bits per heavy atom. The zero-order valence-electron chi connectivity index (χ0n) is 22.5. The predicted octanol–water partition coefficient (Wildman–Crippen LogP) is -0.446. The molecule has 0 fully saturated rings. The zero-order valence-corrected chi connectivity index (χ0v) is 22.5. The van der Waals surface area contributed by atoms with Crippen LogP contribution in [0.3, 0.4) is 0 Å². The molecule has 2 aromatic carbocycles. The highest BCUT2D eigenvalue weighted by atomic mass is 16.4. The van der Waals surface area contributed by atoms with Crippen molar-refractivity contribution in [2.24, 2.45) is 11.5 Å². The molecule has 0 spiro atoms. The van der Waals surface area contributed by atoms with Crippen molar-refractivity contribution in [2.45, 2.75) is 69.3 Å². The van der Waals surface area contributed by atoms with E-state index in [1.807, 2.05) is 0 Å². The van der Waals surface area contributed by atoms with Crippen LogP contribution in [0.4, 0.5) is 0 Å². The SMILES string of the molecule is CC(O)C(NC(=O)C(N)Cc1ccc(O)cc1)C(=O)NC(Cc1ccccc1)C(=O)NC(CCCCN)C(=O)O. The molecule has 40 heavy (non-hydrogen) atoms. The summed E-state index contributed by atoms with van der Waals surface area (Å²) in [7, 11) is 0. The van der Waals surface area contributed by atoms with Crippen LogP contribution >= 0.6 is 0 Å². The maximum atomic E-state index is 13.2. The van der Waals surface area contributed by atoms with E-state index in [2.05, 4.69) is 16.0 Å². The highest BCUT2D eigenvalue weighted by Crippen LogP contribution is 2.11. The number of hydrogen-bond donors (Lipinski definition) is 8. The number of unbranched alkanes of at least 4 members (excludes halogenated alkanes) is 1. The first-order chi connectivity index (χ1) is 19.0. The molecule has 3 amide bonds. The second-order valence-corrected chi connectivity index (χ2v) is 9.64. The van der Waals surface area contributed by atoms with Gasteiger partial charge in [0.15, 0.2) is 0 Å². The molecule has 12 heteroatoms. The first kappa shape index (κ1) is 32.2. The van der Waals surface area contributed by atoms with Gasteiger partial charge >= 0.3 is 5.97 Å². The molecular weight excluding hydrogens is 518 g/mol. The normalized spacial score (nSPS) is 14.7. The topological polar surface area (TPSA) is 217 Å². The van der Waals surface area contributed by atoms with Crippen molar-refractivity contribution < 1.29 is 34.5 Å². The summed E-state index contributed by atoms with van der Waals surface area (Å²) in [5.74, 6) is -3.42. The van der Waals surface area contributed by atoms with Crippen LogP contribution in [-0.4, -0.2) is 75.8 Å². The standard InChI is InChI=1S/C28H39N5O7/c1-17(34)24(33-25(36)21(30)15-19-10-12-20(35)13-11-19)27(38)32-23(16-18-7-3-2-4-8-18)26(37)31-22(28(39)40)9-5-6-14-29/h2-4,7-8,10-13,17,21-24,34-35H,5-6,9,14-16,29-30H2,1H3,(H,31,37)(H,32,38)(H,33,36)(H,39,40). The fourth-order valence-corrected chi connectivity index (χ4v) is 3.99. The van der Waals surface area contributed by atoms with E-state index >= 15 is 0 Å². The number of rotatable bonds is 16. The van der Waals surface area contributed by atoms with Gasteiger partial charge in [-0.05, 0) is 62.4 Å². The minimum Gasteiger partial charge on any atom is -0.508 e. The summed E-state index contributed by atoms with van der Waals surface area (Å²) in [5, 5.41) is 36.7. The van der Waals surface area contributed by atoms with E-state index < -0.39 is 54.0 Å². The number of nitrogens with two attached hydrogens (primary N) is 2. The van der Waals surface area contributed by atoms with Gasteiger partial charge in [-0.15, -0.1) is 0 Å². The first-order valence-corrected chi connectivity index (χ1v) is 13.1. The van der Waals surface area contributed by atoms with Crippen molar-refractivity contribution in [3.8, 4) is 5.75 Å². The molecule has 12 nitrogen and oxygen atoms in total. The Morgan fingerprint density at radius 2 is 1.40 bits per heavy atom. The largest absolute Gasteiger partial charge is 0.508 e. The second kappa shape index (κ2) is 16.2. The number of carboxylic acids is 1. The number of carbonyl (C=O) groups is 4. The Kier molecular flexibility index (Phi) is 13.0. The van der Waals surface area contributed by atoms with E-state index in [0.717, 1.165) is 0 Å². The monoisotopic (exact) mass is 557 g/mol. The Hall–Kier alpha value is -4.00. The van der Waals surface area contributed by atoms with Gasteiger partial charge in [0.25, 0.3) is 0 Å². The number of amides is 3. The molecule has 0 saturated heterocycles. The summed E-state index contributed by atoms with van der Waals surface area (Å²) in [4.78, 5) is 50.9. The fraction of sp³-hybridized carbons (Fsp3) is 0.429. The van der Waals surface area contributed by atoms with Crippen molar-refractivity contribution in [2.75, 3.05) is 6.54 Å². The molecule has 2 rings (SSSR count). The van der Waals surface area contributed by atoms with Crippen molar-refractivity contribution in [1.82, 2.24) is 16.0 Å². The Morgan fingerprint density at radius 3 is 1.98 bits per heavy atom. The Labute approximate surface area is 233 Å². The molecule has 10 N–H and O–H groups in total. The fourth-order valence-electron chi connectivity index (χ4n) is 3.99. The number of aromatic hydroxyl groups is 1. The number of hydrogen-bond acceptors (Lipinski definition) is 8. The van der Waals surface area contributed by atoms with Gasteiger partial charge in [-0.2, -0.15) is 0 Å². The predicted molar refractivity (Wildman–Crippen MR) is 148 cm³/mol. The van der Waals surface area contributed by atoms with Crippen molar-refractivity contribution in [1.29, 1.82) is 0 Å². The molecule has 5 unspecified atom stereocenters. The van der Waals surface area contributed by atoms with Crippen LogP contribution in [-0.2, 0) is 32.0 Å². The highest BCUT2D eigenvalue weighted by molar-refractivity contribution is 5.94. The summed E-state index contributed by atoms with van der Waals surface area (Å²) >= 11 is 0. The van der Waals surface area contributed by atoms with E-state index in [9.17, 15) is 34.5 Å². The smallest absolute Gasteiger partial charge is 0.326 e. The van der Waals surface area contributed by atoms with Gasteiger partial charge in [-0.25, -0.2) is 4.79 Å². The molecular formula is C28H39N5O7. The lowest BCUT2D eigenvalue weighted by molar-refractivity contribution is -0.142. The van der Waals surface area contributed by atoms with E-state index in [4.69, 9.17) is 11.5 Å². The quantitative estimate of drug-likeness (QED) is 0.125. The van der Waals surface area contributed by atoms with Gasteiger partial charge in [0.1, 0.15) is 23.9 Å². The van der Waals surface area contributed by atoms with Gasteiger partial charge in [-0.1, -0.05) is 42.5 Å². The molecule has 0 heterocycles. The van der Waals surface area contributed by atoms with Gasteiger partial charge in [0, 0.05) is 6.42 Å². The molecule has 0 radical (unpaired) electrons. The third-order valence-electron chi connectivity index (χ3n) is 6.27. The van der Waals surface area contributed by atoms with Crippen LogP contribution in [0.5, 0.6) is 5.75 Å². The molecule has 0 aliphatic rings. The molecule has 0 bridgehead atoms. The van der Waals surface area contributed by atoms with Gasteiger partial charge < -0.3 is 42.7 Å². The minimum atomic E-state index is -1.44. The lowest BCUT2D eigenvalue weighted by Gasteiger charge is -2.26. The zero-order chi connectivity index (χ0) is 29.7. The molecule has 218 valence electrons. The first-order valence-electron chi connectivity index (χ1n) is 13.1. The summed E-state index contributed by atoms with van der Waals surface area (Å²) in [6.07, 6.45) is 0.0518. The number of phenolic OH excluding ortho intramolecular Hbond substituents is 1. The maximum Gasteiger partial charge on any atom is 0.326 e. The van der Waals surface area contributed by atoms with Crippen LogP contribution in [0.15, 0.2) is 54.6 Å². The number of aliphatic carboxylic acids is 1. The number of aliphatic hydroxyl groups is 1. The van der Waals surface area contributed by atoms with Crippen LogP contribution in [0.25, 0.3) is 0 Å². The van der Waals surface area contributed by atoms with Crippen molar-refractivity contribution in [3.63, 3.8) is 0 Å². The Bertz CT molecular complexity index is 1110. The molecule has 0 aliphatic carbocycles. The molecule has 5 atom stereocenters. The number of carboxylic acid groups (broad SMARTS) is 1. The number of phenols is 1. The summed E-state index contributed by atoms with van der Waals surface area (Å²) in [6, 6.07) is 10.0. The number of nitrogens with one attached hydrogen (secondary N) is 3. The van der Waals surface area contributed by atoms with Crippen LogP contribution in [0, 0.1) is 0 Å². The van der Waals surface area contributed by atoms with E-state index in [1.165, 1.54) is 19.1 Å². The van der Waals surface area contributed by atoms with E-state index in [0.29, 0.717) is 30.5 Å². The lowest BCUT2D eigenvalue weighted by atomic mass is 10.0. The van der Waals surface area contributed by atoms with E-state index in [1.54, 1.807) is 42.5 Å². The summed E-state index contributed by atoms with van der Waals surface area (Å²) in [6.45, 7) is 1.69. The number of aliphatic hydroxyl groups excluding tert-OH is 1. The summed E-state index contributed by atoms with van der Waals surface area (Å²) < 4.78 is 0. The average Bonchev–Trinajstić information content (AvgIpc) is 2.92. The van der Waals surface area contributed by atoms with Crippen molar-refractivity contribution >= 4 is 23.7 Å². The average molecular weight is 558 g/mol. The molecule has 0 saturated carbocycles. The third-order valence-corrected chi connectivity index (χ3v) is 6.27. The Balaban J connectivity index is 2.15. The molecule has 0 aromatic heterocycles. The number of benzene rings is 2. The molecule has 2 aromatic rings.